The van der Waals surface area contributed by atoms with E-state index in [2.05, 4.69) is 50.0 Å². The lowest BCUT2D eigenvalue weighted by atomic mass is 10.1. The molecule has 108 valence electrons. The average Bonchev–Trinajstić information content (AvgIpc) is 2.38. The highest BCUT2D eigenvalue weighted by Gasteiger charge is 2.03. The van der Waals surface area contributed by atoms with Crippen LogP contribution < -0.4 is 5.32 Å². The van der Waals surface area contributed by atoms with Crippen LogP contribution in [0.5, 0.6) is 0 Å². The first kappa shape index (κ1) is 17.6. The first-order valence-corrected chi connectivity index (χ1v) is 6.95. The van der Waals surface area contributed by atoms with E-state index in [4.69, 9.17) is 4.74 Å². The number of nitrogens with one attached hydrogen (secondary N) is 1. The smallest absolute Gasteiger partial charge is 0.333 e. The summed E-state index contributed by atoms with van der Waals surface area (Å²) in [5, 5.41) is 3.32. The Morgan fingerprint density at radius 1 is 1.37 bits per heavy atom. The van der Waals surface area contributed by atoms with Crippen LogP contribution in [0, 0.1) is 0 Å². The van der Waals surface area contributed by atoms with Crippen LogP contribution >= 0.6 is 0 Å². The van der Waals surface area contributed by atoms with Crippen molar-refractivity contribution >= 4 is 5.97 Å². The lowest BCUT2D eigenvalue weighted by Crippen LogP contribution is -2.30. The maximum Gasteiger partial charge on any atom is 0.333 e. The molecule has 19 heavy (non-hydrogen) atoms. The molecule has 0 aromatic carbocycles. The SMILES string of the molecule is C=C(C)C(=O)OCCNC(C)CCC=CC=CCC. The molecule has 3 heteroatoms. The lowest BCUT2D eigenvalue weighted by molar-refractivity contribution is -0.138. The molecular formula is C16H27NO2. The van der Waals surface area contributed by atoms with Crippen molar-refractivity contribution < 1.29 is 9.53 Å². The molecule has 0 aromatic rings. The molecule has 1 N–H and O–H groups in total. The molecule has 0 bridgehead atoms. The van der Waals surface area contributed by atoms with Crippen LogP contribution in [-0.4, -0.2) is 25.2 Å². The summed E-state index contributed by atoms with van der Waals surface area (Å²) >= 11 is 0. The van der Waals surface area contributed by atoms with Crippen LogP contribution in [0.15, 0.2) is 36.5 Å². The highest BCUT2D eigenvalue weighted by atomic mass is 16.5. The minimum absolute atomic E-state index is 0.319. The molecule has 1 unspecified atom stereocenters. The highest BCUT2D eigenvalue weighted by Crippen LogP contribution is 1.98. The van der Waals surface area contributed by atoms with E-state index < -0.39 is 0 Å². The van der Waals surface area contributed by atoms with E-state index in [-0.39, 0.29) is 5.97 Å². The van der Waals surface area contributed by atoms with Gasteiger partial charge in [-0.3, -0.25) is 0 Å². The van der Waals surface area contributed by atoms with E-state index in [9.17, 15) is 4.79 Å². The number of esters is 1. The number of ether oxygens (including phenoxy) is 1. The maximum absolute atomic E-state index is 11.1. The first-order chi connectivity index (χ1) is 9.07. The van der Waals surface area contributed by atoms with Crippen molar-refractivity contribution in [2.75, 3.05) is 13.2 Å². The summed E-state index contributed by atoms with van der Waals surface area (Å²) in [4.78, 5) is 11.1. The molecule has 0 saturated carbocycles. The zero-order valence-electron chi connectivity index (χ0n) is 12.4. The summed E-state index contributed by atoms with van der Waals surface area (Å²) in [5.74, 6) is -0.319. The second-order valence-corrected chi connectivity index (χ2v) is 4.61. The van der Waals surface area contributed by atoms with Gasteiger partial charge in [-0.15, -0.1) is 0 Å². The van der Waals surface area contributed by atoms with Gasteiger partial charge in [0.1, 0.15) is 6.61 Å². The second kappa shape index (κ2) is 11.7. The van der Waals surface area contributed by atoms with Gasteiger partial charge in [-0.05, 0) is 33.1 Å². The predicted octanol–water partition coefficient (Wildman–Crippen LogP) is 3.39. The number of hydrogen-bond acceptors (Lipinski definition) is 3. The first-order valence-electron chi connectivity index (χ1n) is 6.95. The van der Waals surface area contributed by atoms with Gasteiger partial charge in [-0.1, -0.05) is 37.8 Å². The summed E-state index contributed by atoms with van der Waals surface area (Å²) in [5.41, 5.74) is 0.443. The second-order valence-electron chi connectivity index (χ2n) is 4.61. The molecular weight excluding hydrogens is 238 g/mol. The molecule has 1 atom stereocenters. The summed E-state index contributed by atoms with van der Waals surface area (Å²) in [6.07, 6.45) is 11.7. The highest BCUT2D eigenvalue weighted by molar-refractivity contribution is 5.86. The third kappa shape index (κ3) is 11.5. The molecule has 0 aliphatic rings. The summed E-state index contributed by atoms with van der Waals surface area (Å²) in [6.45, 7) is 10.5. The Morgan fingerprint density at radius 2 is 2.05 bits per heavy atom. The Morgan fingerprint density at radius 3 is 2.68 bits per heavy atom. The van der Waals surface area contributed by atoms with Crippen LogP contribution in [0.2, 0.25) is 0 Å². The molecule has 0 saturated heterocycles. The van der Waals surface area contributed by atoms with Crippen LogP contribution in [-0.2, 0) is 9.53 Å². The average molecular weight is 265 g/mol. The van der Waals surface area contributed by atoms with E-state index in [0.717, 1.165) is 19.3 Å². The van der Waals surface area contributed by atoms with E-state index in [1.54, 1.807) is 6.92 Å². The number of carbonyl (C=O) groups excluding carboxylic acids is 1. The molecule has 0 radical (unpaired) electrons. The van der Waals surface area contributed by atoms with Crippen molar-refractivity contribution in [3.8, 4) is 0 Å². The van der Waals surface area contributed by atoms with Crippen LogP contribution in [0.1, 0.15) is 40.0 Å². The molecule has 0 heterocycles. The van der Waals surface area contributed by atoms with Crippen molar-refractivity contribution in [3.05, 3.63) is 36.5 Å². The van der Waals surface area contributed by atoms with E-state index in [0.29, 0.717) is 24.8 Å². The van der Waals surface area contributed by atoms with E-state index >= 15 is 0 Å². The minimum atomic E-state index is -0.319. The van der Waals surface area contributed by atoms with Crippen LogP contribution in [0.4, 0.5) is 0 Å². The summed E-state index contributed by atoms with van der Waals surface area (Å²) in [7, 11) is 0. The number of carbonyl (C=O) groups is 1. The van der Waals surface area contributed by atoms with Gasteiger partial charge in [0, 0.05) is 18.2 Å². The Balaban J connectivity index is 3.52. The Hall–Kier alpha value is -1.35. The molecule has 3 nitrogen and oxygen atoms in total. The largest absolute Gasteiger partial charge is 0.461 e. The molecule has 0 rings (SSSR count). The molecule has 0 aliphatic heterocycles. The molecule has 0 amide bonds. The molecule has 0 spiro atoms. The van der Waals surface area contributed by atoms with Crippen molar-refractivity contribution in [1.82, 2.24) is 5.32 Å². The van der Waals surface area contributed by atoms with Gasteiger partial charge in [0.25, 0.3) is 0 Å². The van der Waals surface area contributed by atoms with Gasteiger partial charge in [0.2, 0.25) is 0 Å². The molecule has 0 aliphatic carbocycles. The number of hydrogen-bond donors (Lipinski definition) is 1. The Bertz CT molecular complexity index is 319. The zero-order valence-corrected chi connectivity index (χ0v) is 12.4. The maximum atomic E-state index is 11.1. The van der Waals surface area contributed by atoms with Crippen LogP contribution in [0.3, 0.4) is 0 Å². The normalized spacial score (nSPS) is 13.0. The topological polar surface area (TPSA) is 38.3 Å². The third-order valence-corrected chi connectivity index (χ3v) is 2.56. The van der Waals surface area contributed by atoms with Crippen molar-refractivity contribution in [1.29, 1.82) is 0 Å². The van der Waals surface area contributed by atoms with Crippen molar-refractivity contribution in [3.63, 3.8) is 0 Å². The van der Waals surface area contributed by atoms with Gasteiger partial charge in [0.05, 0.1) is 0 Å². The van der Waals surface area contributed by atoms with Gasteiger partial charge >= 0.3 is 5.97 Å². The molecule has 0 aromatic heterocycles. The fourth-order valence-electron chi connectivity index (χ4n) is 1.41. The number of allylic oxidation sites excluding steroid dienone is 4. The summed E-state index contributed by atoms with van der Waals surface area (Å²) < 4.78 is 5.00. The predicted molar refractivity (Wildman–Crippen MR) is 81.0 cm³/mol. The van der Waals surface area contributed by atoms with Crippen molar-refractivity contribution in [2.45, 2.75) is 46.1 Å². The lowest BCUT2D eigenvalue weighted by Gasteiger charge is -2.12. The van der Waals surface area contributed by atoms with Gasteiger partial charge < -0.3 is 10.1 Å². The zero-order chi connectivity index (χ0) is 14.5. The monoisotopic (exact) mass is 265 g/mol. The fourth-order valence-corrected chi connectivity index (χ4v) is 1.41. The standard InChI is InChI=1S/C16H27NO2/c1-5-6-7-8-9-10-11-15(4)17-12-13-19-16(18)14(2)3/h6-9,15,17H,2,5,10-13H2,1,3-4H3. The minimum Gasteiger partial charge on any atom is -0.461 e. The Kier molecular flexibility index (Phi) is 10.9. The van der Waals surface area contributed by atoms with E-state index in [1.807, 2.05) is 0 Å². The quantitative estimate of drug-likeness (QED) is 0.285. The summed E-state index contributed by atoms with van der Waals surface area (Å²) in [6, 6.07) is 0.420. The van der Waals surface area contributed by atoms with Gasteiger partial charge in [0.15, 0.2) is 0 Å². The third-order valence-electron chi connectivity index (χ3n) is 2.56. The van der Waals surface area contributed by atoms with Crippen molar-refractivity contribution in [2.24, 2.45) is 0 Å². The van der Waals surface area contributed by atoms with Gasteiger partial charge in [-0.2, -0.15) is 0 Å². The van der Waals surface area contributed by atoms with Gasteiger partial charge in [-0.25, -0.2) is 4.79 Å². The Labute approximate surface area is 117 Å². The number of rotatable bonds is 10. The van der Waals surface area contributed by atoms with Crippen LogP contribution in [0.25, 0.3) is 0 Å². The molecule has 0 fully saturated rings. The fraction of sp³-hybridized carbons (Fsp3) is 0.562. The van der Waals surface area contributed by atoms with E-state index in [1.165, 1.54) is 0 Å².